The lowest BCUT2D eigenvalue weighted by atomic mass is 9.90. The molecular formula is C107H135N21O12S. The molecule has 3 aliphatic heterocycles. The molecule has 0 spiro atoms. The van der Waals surface area contributed by atoms with E-state index in [9.17, 15) is 18.0 Å². The number of piperazine rings is 3. The molecule has 13 aromatic rings. The third-order valence-electron chi connectivity index (χ3n) is 26.5. The number of hydrogen-bond donors (Lipinski definition) is 4. The van der Waals surface area contributed by atoms with Gasteiger partial charge in [-0.3, -0.25) is 28.6 Å². The summed E-state index contributed by atoms with van der Waals surface area (Å²) >= 11 is 0. The molecular weight excluding hydrogens is 1800 g/mol. The van der Waals surface area contributed by atoms with Gasteiger partial charge in [0.1, 0.15) is 99.2 Å². The van der Waals surface area contributed by atoms with E-state index < -0.39 is 21.3 Å². The Kier molecular flexibility index (Phi) is 34.3. The Morgan fingerprint density at radius 3 is 1.11 bits per heavy atom. The van der Waals surface area contributed by atoms with E-state index in [1.807, 2.05) is 196 Å². The number of esters is 1. The van der Waals surface area contributed by atoms with Crippen molar-refractivity contribution in [2.24, 2.45) is 0 Å². The smallest absolute Gasteiger partial charge is 0.410 e. The third-order valence-corrected chi connectivity index (χ3v) is 27.9. The highest BCUT2D eigenvalue weighted by Crippen LogP contribution is 2.43. The van der Waals surface area contributed by atoms with Crippen molar-refractivity contribution in [1.82, 2.24) is 89.1 Å². The van der Waals surface area contributed by atoms with Crippen molar-refractivity contribution < 1.29 is 55.3 Å². The maximum atomic E-state index is 12.5. The second-order valence-electron chi connectivity index (χ2n) is 38.8. The Balaban J connectivity index is 0.000000138. The van der Waals surface area contributed by atoms with Crippen LogP contribution < -0.4 is 36.7 Å². The summed E-state index contributed by atoms with van der Waals surface area (Å²) < 4.78 is 74.4. The zero-order chi connectivity index (χ0) is 98.4. The van der Waals surface area contributed by atoms with Crippen molar-refractivity contribution in [2.45, 2.75) is 198 Å². The predicted molar refractivity (Wildman–Crippen MR) is 547 cm³/mol. The standard InChI is InChI=1S/C32H39N7O3.C32H41N7O2.C27H31N7O.C16H24O6S/c1-32(2,3)42-31(40)38-19-17-37(18-20-38)23-11-13-24(14-12-23)39-30-27(29(33)34-21-35-30)28(36-39)22-9-15-26(16-10-22)41-25-7-5-4-6-8-25;1-2-21-40-22-20-37-16-18-38(19-17-37)25-10-12-26(13-11-25)39-32-29(31(33)34-23-35-32)30(36-39)24-8-14-28(15-9-24)41-27-6-4-3-5-7-27;28-26-24-25(19-6-12-23(13-7-19)35-22-4-2-1-3-5-22)32-34(27(24)31-18-30-26)21-10-8-20(9-11-21)33-16-14-29-15-17-33;1-13-5-7-14(8-6-13)23(18,19)21-12-11-20-10-9-15(17)22-16(2,3)4/h4-10,15-16,21,23-24H,11-14,17-20H2,1-3H3,(H2,33,34,35);3-9,14-15,23,25-26H,2,10-13,16-22H2,1H3,(H2,33,34,35);1-7,12-13,18,20-21,29H,8-11,14-17H2,(H2,28,30,31);5-8H,9-12H2,1-4H3. The van der Waals surface area contributed by atoms with E-state index in [1.165, 1.54) is 44.1 Å². The van der Waals surface area contributed by atoms with Gasteiger partial charge in [0.15, 0.2) is 16.9 Å². The Bertz CT molecular complexity index is 6290. The Labute approximate surface area is 826 Å². The predicted octanol–water partition coefficient (Wildman–Crippen LogP) is 18.0. The van der Waals surface area contributed by atoms with Crippen molar-refractivity contribution in [1.29, 1.82) is 0 Å². The quantitative estimate of drug-likeness (QED) is 0.0201. The van der Waals surface area contributed by atoms with Gasteiger partial charge < -0.3 is 60.6 Å². The number of nitrogens with zero attached hydrogens (tertiary/aromatic N) is 17. The molecule has 7 N–H and O–H groups in total. The van der Waals surface area contributed by atoms with Gasteiger partial charge in [0, 0.05) is 127 Å². The van der Waals surface area contributed by atoms with E-state index >= 15 is 0 Å². The van der Waals surface area contributed by atoms with Crippen LogP contribution in [0.15, 0.2) is 212 Å². The molecule has 746 valence electrons. The lowest BCUT2D eigenvalue weighted by Gasteiger charge is -2.42. The van der Waals surface area contributed by atoms with Gasteiger partial charge in [0.25, 0.3) is 10.1 Å². The van der Waals surface area contributed by atoms with Crippen molar-refractivity contribution >= 4 is 72.7 Å². The van der Waals surface area contributed by atoms with Crippen LogP contribution in [0.5, 0.6) is 34.5 Å². The molecule has 34 heteroatoms. The van der Waals surface area contributed by atoms with Crippen molar-refractivity contribution in [3.8, 4) is 68.3 Å². The molecule has 19 rings (SSSR count). The fraction of sp³-hybridized carbons (Fsp3) is 0.449. The van der Waals surface area contributed by atoms with Crippen molar-refractivity contribution in [3.63, 3.8) is 0 Å². The minimum atomic E-state index is -3.78. The number of carbonyl (C=O) groups excluding carboxylic acids is 2. The van der Waals surface area contributed by atoms with Crippen LogP contribution in [-0.4, -0.2) is 252 Å². The van der Waals surface area contributed by atoms with Gasteiger partial charge in [-0.1, -0.05) is 79.2 Å². The highest BCUT2D eigenvalue weighted by atomic mass is 32.2. The van der Waals surface area contributed by atoms with Crippen LogP contribution >= 0.6 is 0 Å². The number of aryl methyl sites for hydroxylation is 1. The summed E-state index contributed by atoms with van der Waals surface area (Å²) in [6.45, 7) is 30.2. The molecule has 9 heterocycles. The number of nitrogens with two attached hydrogens (primary N) is 3. The van der Waals surface area contributed by atoms with Gasteiger partial charge in [0.05, 0.1) is 72.0 Å². The third kappa shape index (κ3) is 27.2. The number of amides is 1. The molecule has 0 unspecified atom stereocenters. The zero-order valence-corrected chi connectivity index (χ0v) is 83.2. The van der Waals surface area contributed by atoms with E-state index in [0.29, 0.717) is 60.8 Å². The number of nitrogens with one attached hydrogen (secondary N) is 1. The Morgan fingerprint density at radius 1 is 0.390 bits per heavy atom. The summed E-state index contributed by atoms with van der Waals surface area (Å²) in [5.41, 5.74) is 26.8. The van der Waals surface area contributed by atoms with E-state index in [-0.39, 0.29) is 49.2 Å². The lowest BCUT2D eigenvalue weighted by Crippen LogP contribution is -2.53. The van der Waals surface area contributed by atoms with Gasteiger partial charge >= 0.3 is 12.1 Å². The number of nitrogen functional groups attached to an aromatic ring is 3. The van der Waals surface area contributed by atoms with Crippen LogP contribution in [0.2, 0.25) is 0 Å². The van der Waals surface area contributed by atoms with Crippen LogP contribution in [0.1, 0.15) is 162 Å². The van der Waals surface area contributed by atoms with Crippen LogP contribution in [-0.2, 0) is 38.0 Å². The van der Waals surface area contributed by atoms with Gasteiger partial charge in [-0.25, -0.2) is 48.7 Å². The monoisotopic (exact) mass is 1940 g/mol. The maximum Gasteiger partial charge on any atom is 0.410 e. The topological polar surface area (TPSA) is 379 Å². The first-order chi connectivity index (χ1) is 68.3. The first-order valence-electron chi connectivity index (χ1n) is 49.7. The van der Waals surface area contributed by atoms with Crippen LogP contribution in [0, 0.1) is 6.92 Å². The summed E-state index contributed by atoms with van der Waals surface area (Å²) in [5.74, 6) is 5.72. The molecule has 6 aliphatic rings. The van der Waals surface area contributed by atoms with Crippen molar-refractivity contribution in [2.75, 3.05) is 135 Å². The molecule has 6 fully saturated rings. The molecule has 3 saturated heterocycles. The molecule has 33 nitrogen and oxygen atoms in total. The van der Waals surface area contributed by atoms with Crippen LogP contribution in [0.4, 0.5) is 22.2 Å². The summed E-state index contributed by atoms with van der Waals surface area (Å²) in [7, 11) is -3.78. The summed E-state index contributed by atoms with van der Waals surface area (Å²) in [6, 6.07) is 62.2. The van der Waals surface area contributed by atoms with Crippen LogP contribution in [0.25, 0.3) is 66.9 Å². The van der Waals surface area contributed by atoms with E-state index in [4.69, 9.17) is 69.8 Å². The van der Waals surface area contributed by atoms with Gasteiger partial charge in [0.2, 0.25) is 0 Å². The molecule has 141 heavy (non-hydrogen) atoms. The highest BCUT2D eigenvalue weighted by Gasteiger charge is 2.37. The minimum Gasteiger partial charge on any atom is -0.460 e. The zero-order valence-electron chi connectivity index (χ0n) is 82.4. The number of carbonyl (C=O) groups is 2. The Hall–Kier alpha value is -12.6. The number of benzene rings is 7. The molecule has 6 aromatic heterocycles. The molecule has 0 atom stereocenters. The van der Waals surface area contributed by atoms with Gasteiger partial charge in [-0.15, -0.1) is 0 Å². The van der Waals surface area contributed by atoms with Crippen LogP contribution in [0.3, 0.4) is 0 Å². The summed E-state index contributed by atoms with van der Waals surface area (Å²) in [6.07, 6.45) is 18.8. The second-order valence-corrected chi connectivity index (χ2v) is 40.4. The number of ether oxygens (including phenoxy) is 7. The average molecular weight is 1940 g/mol. The Morgan fingerprint density at radius 2 is 0.738 bits per heavy atom. The SMILES string of the molecule is CC(C)(C)OC(=O)N1CCN(C2CCC(n3nc(-c4ccc(Oc5ccccc5)cc4)c4c(N)ncnc43)CC2)CC1.CCCOCCN1CCN(C2CCC(n3nc(-c4ccc(Oc5ccccc5)cc4)c4c(N)ncnc43)CC2)CC1.Cc1ccc(S(=O)(=O)OCCOCCC(=O)OC(C)(C)C)cc1.Nc1ncnc2c1c(-c1ccc(Oc3ccccc3)cc1)nn2C1CCC(N2CCNCC2)CC1. The fourth-order valence-electron chi connectivity index (χ4n) is 19.3. The molecule has 3 saturated carbocycles. The van der Waals surface area contributed by atoms with Crippen molar-refractivity contribution in [3.05, 3.63) is 213 Å². The number of hydrogen-bond acceptors (Lipinski definition) is 29. The van der Waals surface area contributed by atoms with Gasteiger partial charge in [-0.2, -0.15) is 23.7 Å². The van der Waals surface area contributed by atoms with Gasteiger partial charge in [-0.05, 0) is 253 Å². The van der Waals surface area contributed by atoms with E-state index in [0.717, 1.165) is 250 Å². The minimum absolute atomic E-state index is 0.0773. The number of para-hydroxylation sites is 3. The molecule has 7 aromatic carbocycles. The lowest BCUT2D eigenvalue weighted by molar-refractivity contribution is -0.156. The number of aromatic nitrogens is 12. The fourth-order valence-corrected chi connectivity index (χ4v) is 20.2. The van der Waals surface area contributed by atoms with E-state index in [2.05, 4.69) is 75.8 Å². The average Bonchev–Trinajstić information content (AvgIpc) is 1.62. The molecule has 0 radical (unpaired) electrons. The number of fused-ring (bicyclic) bond motifs is 3. The first-order valence-corrected chi connectivity index (χ1v) is 51.1. The molecule has 1 amide bonds. The number of rotatable bonds is 28. The second kappa shape index (κ2) is 47.8. The summed E-state index contributed by atoms with van der Waals surface area (Å²) in [4.78, 5) is 63.0. The molecule has 3 aliphatic carbocycles. The largest absolute Gasteiger partial charge is 0.460 e. The number of anilines is 3. The van der Waals surface area contributed by atoms with E-state index in [1.54, 1.807) is 45.6 Å². The normalized spacial score (nSPS) is 19.2. The maximum absolute atomic E-state index is 12.5. The molecule has 0 bridgehead atoms. The highest BCUT2D eigenvalue weighted by molar-refractivity contribution is 7.86. The summed E-state index contributed by atoms with van der Waals surface area (Å²) in [5, 5.41) is 21.1. The first kappa shape index (κ1) is 101.